The molecule has 2 saturated carbocycles. The number of rotatable bonds is 19. The maximum absolute atomic E-state index is 15.4. The lowest BCUT2D eigenvalue weighted by atomic mass is 9.95. The zero-order chi connectivity index (χ0) is 43.9. The lowest BCUT2D eigenvalue weighted by Gasteiger charge is -2.41. The van der Waals surface area contributed by atoms with Crippen LogP contribution in [0.5, 0.6) is 0 Å². The molecule has 2 aromatic rings. The van der Waals surface area contributed by atoms with E-state index in [1.807, 2.05) is 114 Å². The zero-order valence-electron chi connectivity index (χ0n) is 37.1. The smallest absolute Gasteiger partial charge is 0.408 e. The molecule has 1 saturated heterocycles. The van der Waals surface area contributed by atoms with Gasteiger partial charge in [0.25, 0.3) is 11.8 Å². The molecule has 1 aliphatic heterocycles. The standard InChI is InChI=1S/C47H70N4O8S2/c1-31(2)39(49-45(54)56-27-33-19-11-7-12-20-33)43(52)51(44(53)40(32(3)4)50-46(55)57-28-34-21-13-8-14-22-34)38(30-61-36-25-17-10-18-26-36)42-41(58-47(5,6)59-42)37(48)29-60-35-23-15-9-16-24-35/h7-8,11-14,19-22,31-32,35-42H,9-10,15-18,23-30,48H2,1-6H3,(H,49,54)(H,50,55)/t37-,38-,39-,40-,41+,42+/m0/s1. The lowest BCUT2D eigenvalue weighted by molar-refractivity contribution is -0.164. The highest BCUT2D eigenvalue weighted by Gasteiger charge is 2.53. The summed E-state index contributed by atoms with van der Waals surface area (Å²) < 4.78 is 24.6. The summed E-state index contributed by atoms with van der Waals surface area (Å²) in [6.07, 6.45) is 8.39. The van der Waals surface area contributed by atoms with E-state index in [0.29, 0.717) is 22.0 Å². The Morgan fingerprint density at radius 1 is 0.672 bits per heavy atom. The van der Waals surface area contributed by atoms with Crippen molar-refractivity contribution in [3.63, 3.8) is 0 Å². The number of hydrogen-bond donors (Lipinski definition) is 3. The van der Waals surface area contributed by atoms with E-state index in [2.05, 4.69) is 10.6 Å². The fraction of sp³-hybridized carbons (Fsp3) is 0.660. The van der Waals surface area contributed by atoms with Crippen molar-refractivity contribution in [2.45, 2.75) is 172 Å². The summed E-state index contributed by atoms with van der Waals surface area (Å²) >= 11 is 3.60. The number of hydrogen-bond acceptors (Lipinski definition) is 11. The van der Waals surface area contributed by atoms with Gasteiger partial charge >= 0.3 is 12.2 Å². The van der Waals surface area contributed by atoms with E-state index in [4.69, 9.17) is 24.7 Å². The van der Waals surface area contributed by atoms with E-state index < -0.39 is 78.0 Å². The Morgan fingerprint density at radius 3 is 1.51 bits per heavy atom. The maximum atomic E-state index is 15.4. The molecule has 4 N–H and O–H groups in total. The summed E-state index contributed by atoms with van der Waals surface area (Å²) in [6.45, 7) is 10.9. The molecule has 338 valence electrons. The minimum absolute atomic E-state index is 0.000185. The van der Waals surface area contributed by atoms with E-state index in [0.717, 1.165) is 49.7 Å². The van der Waals surface area contributed by atoms with Crippen LogP contribution in [0, 0.1) is 11.8 Å². The van der Waals surface area contributed by atoms with Crippen molar-refractivity contribution < 1.29 is 38.1 Å². The minimum atomic E-state index is -1.17. The lowest BCUT2D eigenvalue weighted by Crippen LogP contribution is -2.65. The highest BCUT2D eigenvalue weighted by molar-refractivity contribution is 8.00. The van der Waals surface area contributed by atoms with Crippen LogP contribution >= 0.6 is 23.5 Å². The molecular weight excluding hydrogens is 813 g/mol. The molecule has 12 nitrogen and oxygen atoms in total. The molecule has 3 fully saturated rings. The van der Waals surface area contributed by atoms with Crippen LogP contribution in [-0.2, 0) is 41.8 Å². The molecule has 0 radical (unpaired) electrons. The Kier molecular flexibility index (Phi) is 19.1. The van der Waals surface area contributed by atoms with Gasteiger partial charge in [0.15, 0.2) is 5.79 Å². The van der Waals surface area contributed by atoms with Crippen molar-refractivity contribution >= 4 is 47.5 Å². The number of benzene rings is 2. The number of amides is 4. The van der Waals surface area contributed by atoms with Crippen LogP contribution in [0.25, 0.3) is 0 Å². The average molecular weight is 883 g/mol. The third-order valence-electron chi connectivity index (χ3n) is 11.7. The van der Waals surface area contributed by atoms with Gasteiger partial charge in [-0.2, -0.15) is 23.5 Å². The minimum Gasteiger partial charge on any atom is -0.445 e. The molecule has 0 aromatic heterocycles. The topological polar surface area (TPSA) is 159 Å². The molecule has 5 rings (SSSR count). The van der Waals surface area contributed by atoms with Gasteiger partial charge in [0.2, 0.25) is 0 Å². The Labute approximate surface area is 372 Å². The number of nitrogens with one attached hydrogen (secondary N) is 2. The summed E-state index contributed by atoms with van der Waals surface area (Å²) in [4.78, 5) is 59.0. The first-order chi connectivity index (χ1) is 29.2. The second-order valence-corrected chi connectivity index (χ2v) is 20.6. The first-order valence-corrected chi connectivity index (χ1v) is 24.5. The van der Waals surface area contributed by atoms with Crippen LogP contribution in [0.4, 0.5) is 9.59 Å². The van der Waals surface area contributed by atoms with Gasteiger partial charge in [0, 0.05) is 28.0 Å². The summed E-state index contributed by atoms with van der Waals surface area (Å²) in [6, 6.07) is 14.9. The molecule has 2 aromatic carbocycles. The van der Waals surface area contributed by atoms with Gasteiger partial charge in [-0.15, -0.1) is 0 Å². The normalized spacial score (nSPS) is 21.6. The van der Waals surface area contributed by atoms with E-state index >= 15 is 9.59 Å². The van der Waals surface area contributed by atoms with E-state index in [1.54, 1.807) is 11.8 Å². The monoisotopic (exact) mass is 882 g/mol. The first-order valence-electron chi connectivity index (χ1n) is 22.4. The van der Waals surface area contributed by atoms with Gasteiger partial charge in [0.1, 0.15) is 37.5 Å². The number of carbonyl (C=O) groups excluding carboxylic acids is 4. The number of carbonyl (C=O) groups is 4. The quantitative estimate of drug-likeness (QED) is 0.124. The Balaban J connectivity index is 1.51. The van der Waals surface area contributed by atoms with Gasteiger partial charge in [-0.3, -0.25) is 14.5 Å². The third kappa shape index (κ3) is 14.9. The van der Waals surface area contributed by atoms with Gasteiger partial charge in [0.05, 0.1) is 6.04 Å². The SMILES string of the molecule is CC(C)[C@H](NC(=O)OCc1ccccc1)C(=O)N(C(=O)[C@@H](NC(=O)OCc1ccccc1)C(C)C)[C@@H](CSC1CCCCC1)[C@H]1OC(C)(C)O[C@@H]1[C@@H](N)CSC1CCCCC1. The first kappa shape index (κ1) is 48.7. The number of nitrogens with zero attached hydrogens (tertiary/aromatic N) is 1. The Bertz CT molecular complexity index is 1590. The van der Waals surface area contributed by atoms with Crippen molar-refractivity contribution in [1.29, 1.82) is 0 Å². The van der Waals surface area contributed by atoms with Crippen LogP contribution in [-0.4, -0.2) is 93.1 Å². The van der Waals surface area contributed by atoms with Crippen LogP contribution in [0.15, 0.2) is 60.7 Å². The van der Waals surface area contributed by atoms with E-state index in [-0.39, 0.29) is 13.2 Å². The molecule has 0 spiro atoms. The van der Waals surface area contributed by atoms with Gasteiger partial charge in [-0.1, -0.05) is 127 Å². The summed E-state index contributed by atoms with van der Waals surface area (Å²) in [5, 5.41) is 6.45. The molecule has 14 heteroatoms. The molecule has 2 aliphatic carbocycles. The molecule has 0 unspecified atom stereocenters. The third-order valence-corrected chi connectivity index (χ3v) is 14.7. The van der Waals surface area contributed by atoms with Crippen molar-refractivity contribution in [3.8, 4) is 0 Å². The summed E-state index contributed by atoms with van der Waals surface area (Å²) in [7, 11) is 0. The number of alkyl carbamates (subject to hydrolysis) is 2. The Hall–Kier alpha value is -3.30. The molecule has 0 bridgehead atoms. The molecule has 3 aliphatic rings. The van der Waals surface area contributed by atoms with Crippen LogP contribution in [0.1, 0.15) is 117 Å². The summed E-state index contributed by atoms with van der Waals surface area (Å²) in [5.41, 5.74) is 8.66. The Morgan fingerprint density at radius 2 is 1.08 bits per heavy atom. The van der Waals surface area contributed by atoms with E-state index in [9.17, 15) is 9.59 Å². The van der Waals surface area contributed by atoms with Crippen molar-refractivity contribution in [2.75, 3.05) is 11.5 Å². The highest BCUT2D eigenvalue weighted by Crippen LogP contribution is 2.38. The number of nitrogens with two attached hydrogens (primary N) is 1. The molecular formula is C47H70N4O8S2. The van der Waals surface area contributed by atoms with Crippen LogP contribution in [0.3, 0.4) is 0 Å². The summed E-state index contributed by atoms with van der Waals surface area (Å²) in [5.74, 6) is -2.27. The number of thioether (sulfide) groups is 2. The van der Waals surface area contributed by atoms with Crippen molar-refractivity contribution in [1.82, 2.24) is 15.5 Å². The van der Waals surface area contributed by atoms with Crippen LogP contribution in [0.2, 0.25) is 0 Å². The average Bonchev–Trinajstić information content (AvgIpc) is 3.59. The second kappa shape index (κ2) is 24.0. The molecule has 1 heterocycles. The van der Waals surface area contributed by atoms with Crippen LogP contribution < -0.4 is 16.4 Å². The molecule has 6 atom stereocenters. The zero-order valence-corrected chi connectivity index (χ0v) is 38.7. The van der Waals surface area contributed by atoms with Crippen molar-refractivity contribution in [2.24, 2.45) is 17.6 Å². The maximum Gasteiger partial charge on any atom is 0.408 e. The van der Waals surface area contributed by atoms with Gasteiger partial charge in [-0.25, -0.2) is 9.59 Å². The highest BCUT2D eigenvalue weighted by atomic mass is 32.2. The number of imide groups is 1. The molecule has 4 amide bonds. The molecule has 61 heavy (non-hydrogen) atoms. The predicted molar refractivity (Wildman–Crippen MR) is 243 cm³/mol. The van der Waals surface area contributed by atoms with Gasteiger partial charge < -0.3 is 35.3 Å². The largest absolute Gasteiger partial charge is 0.445 e. The van der Waals surface area contributed by atoms with E-state index in [1.165, 1.54) is 30.6 Å². The van der Waals surface area contributed by atoms with Crippen molar-refractivity contribution in [3.05, 3.63) is 71.8 Å². The second-order valence-electron chi connectivity index (χ2n) is 17.9. The fourth-order valence-electron chi connectivity index (χ4n) is 8.35. The fourth-order valence-corrected chi connectivity index (χ4v) is 11.2. The van der Waals surface area contributed by atoms with Gasteiger partial charge in [-0.05, 0) is 62.5 Å². The number of ether oxygens (including phenoxy) is 4. The predicted octanol–water partition coefficient (Wildman–Crippen LogP) is 8.59.